The Bertz CT molecular complexity index is 927. The Morgan fingerprint density at radius 3 is 2.52 bits per heavy atom. The molecule has 0 atom stereocenters. The van der Waals surface area contributed by atoms with Gasteiger partial charge in [-0.1, -0.05) is 66.4 Å². The molecule has 0 bridgehead atoms. The number of thiocarbonyl (C=S) groups is 1. The lowest BCUT2D eigenvalue weighted by Crippen LogP contribution is -2.40. The molecule has 2 amide bonds. The summed E-state index contributed by atoms with van der Waals surface area (Å²) in [6.07, 6.45) is 1.78. The highest BCUT2D eigenvalue weighted by atomic mass is 32.2. The number of benzene rings is 2. The first-order valence-corrected chi connectivity index (χ1v) is 10.5. The van der Waals surface area contributed by atoms with Crippen molar-refractivity contribution in [3.8, 4) is 5.75 Å². The number of hydrogen-bond donors (Lipinski definition) is 0. The molecular weight excluding hydrogens is 404 g/mol. The second-order valence-electron chi connectivity index (χ2n) is 6.51. The molecule has 0 saturated carbocycles. The zero-order valence-electron chi connectivity index (χ0n) is 16.3. The van der Waals surface area contributed by atoms with E-state index < -0.39 is 0 Å². The molecule has 150 valence electrons. The van der Waals surface area contributed by atoms with Crippen LogP contribution in [-0.4, -0.2) is 46.1 Å². The smallest absolute Gasteiger partial charge is 0.266 e. The van der Waals surface area contributed by atoms with E-state index in [1.807, 2.05) is 61.5 Å². The van der Waals surface area contributed by atoms with Crippen LogP contribution in [0.3, 0.4) is 0 Å². The topological polar surface area (TPSA) is 49.9 Å². The fraction of sp³-hybridized carbons (Fsp3) is 0.227. The van der Waals surface area contributed by atoms with E-state index in [9.17, 15) is 9.59 Å². The van der Waals surface area contributed by atoms with Crippen molar-refractivity contribution in [1.29, 1.82) is 0 Å². The van der Waals surface area contributed by atoms with E-state index in [1.165, 1.54) is 16.7 Å². The molecule has 0 aromatic heterocycles. The number of nitrogens with zero attached hydrogens (tertiary/aromatic N) is 2. The summed E-state index contributed by atoms with van der Waals surface area (Å²) in [4.78, 5) is 28.8. The molecular formula is C22H22N2O3S2. The zero-order chi connectivity index (χ0) is 20.8. The van der Waals surface area contributed by atoms with Gasteiger partial charge in [-0.15, -0.1) is 0 Å². The molecule has 1 heterocycles. The number of rotatable bonds is 7. The fourth-order valence-electron chi connectivity index (χ4n) is 2.82. The highest BCUT2D eigenvalue weighted by Crippen LogP contribution is 2.32. The van der Waals surface area contributed by atoms with Crippen molar-refractivity contribution in [3.05, 3.63) is 70.6 Å². The predicted molar refractivity (Wildman–Crippen MR) is 120 cm³/mol. The molecule has 1 saturated heterocycles. The van der Waals surface area contributed by atoms with E-state index in [4.69, 9.17) is 17.0 Å². The van der Waals surface area contributed by atoms with Gasteiger partial charge >= 0.3 is 0 Å². The van der Waals surface area contributed by atoms with Crippen LogP contribution < -0.4 is 4.74 Å². The van der Waals surface area contributed by atoms with Crippen LogP contribution in [0.25, 0.3) is 6.08 Å². The summed E-state index contributed by atoms with van der Waals surface area (Å²) in [7, 11) is 1.72. The summed E-state index contributed by atoms with van der Waals surface area (Å²) in [5.41, 5.74) is 1.91. The number of carbonyl (C=O) groups is 2. The van der Waals surface area contributed by atoms with Crippen LogP contribution in [0.4, 0.5) is 0 Å². The Labute approximate surface area is 180 Å². The van der Waals surface area contributed by atoms with Crippen LogP contribution in [0, 0.1) is 0 Å². The Morgan fingerprint density at radius 2 is 1.86 bits per heavy atom. The number of amides is 2. The molecule has 0 aliphatic carbocycles. The third-order valence-electron chi connectivity index (χ3n) is 4.34. The molecule has 5 nitrogen and oxygen atoms in total. The minimum Gasteiger partial charge on any atom is -0.494 e. The average Bonchev–Trinajstić information content (AvgIpc) is 2.97. The number of likely N-dealkylation sites (N-methyl/N-ethyl adjacent to an activating group) is 1. The molecule has 1 aliphatic heterocycles. The maximum absolute atomic E-state index is 12.8. The lowest BCUT2D eigenvalue weighted by atomic mass is 10.2. The van der Waals surface area contributed by atoms with Gasteiger partial charge < -0.3 is 9.64 Å². The van der Waals surface area contributed by atoms with Crippen molar-refractivity contribution < 1.29 is 14.3 Å². The zero-order valence-corrected chi connectivity index (χ0v) is 18.0. The van der Waals surface area contributed by atoms with Gasteiger partial charge in [0.25, 0.3) is 5.91 Å². The molecule has 1 fully saturated rings. The SMILES string of the molecule is CCOc1ccc(C=C2SC(=S)N(CC(=O)N(C)Cc3ccccc3)C2=O)cc1. The van der Waals surface area contributed by atoms with Crippen LogP contribution in [0.5, 0.6) is 5.75 Å². The Hall–Kier alpha value is -2.64. The number of carbonyl (C=O) groups excluding carboxylic acids is 2. The maximum atomic E-state index is 12.8. The van der Waals surface area contributed by atoms with Gasteiger partial charge in [0.05, 0.1) is 11.5 Å². The van der Waals surface area contributed by atoms with Crippen LogP contribution in [0.15, 0.2) is 59.5 Å². The monoisotopic (exact) mass is 426 g/mol. The van der Waals surface area contributed by atoms with Gasteiger partial charge in [-0.2, -0.15) is 0 Å². The summed E-state index contributed by atoms with van der Waals surface area (Å²) in [6.45, 7) is 2.95. The summed E-state index contributed by atoms with van der Waals surface area (Å²) in [5.74, 6) is 0.382. The van der Waals surface area contributed by atoms with Gasteiger partial charge in [0.1, 0.15) is 16.6 Å². The minimum atomic E-state index is -0.240. The molecule has 2 aromatic carbocycles. The lowest BCUT2D eigenvalue weighted by Gasteiger charge is -2.21. The van der Waals surface area contributed by atoms with E-state index in [0.717, 1.165) is 16.9 Å². The molecule has 29 heavy (non-hydrogen) atoms. The fourth-order valence-corrected chi connectivity index (χ4v) is 4.07. The van der Waals surface area contributed by atoms with E-state index >= 15 is 0 Å². The lowest BCUT2D eigenvalue weighted by molar-refractivity contribution is -0.134. The van der Waals surface area contributed by atoms with Crippen molar-refractivity contribution in [2.24, 2.45) is 0 Å². The van der Waals surface area contributed by atoms with Gasteiger partial charge in [0.15, 0.2) is 0 Å². The quantitative estimate of drug-likeness (QED) is 0.496. The summed E-state index contributed by atoms with van der Waals surface area (Å²) >= 11 is 6.55. The standard InChI is InChI=1S/C22H22N2O3S2/c1-3-27-18-11-9-16(10-12-18)13-19-21(26)24(22(28)29-19)15-20(25)23(2)14-17-7-5-4-6-8-17/h4-13H,3,14-15H2,1-2H3. The Morgan fingerprint density at radius 1 is 1.17 bits per heavy atom. The molecule has 0 N–H and O–H groups in total. The third-order valence-corrected chi connectivity index (χ3v) is 5.72. The average molecular weight is 427 g/mol. The van der Waals surface area contributed by atoms with E-state index in [-0.39, 0.29) is 18.4 Å². The first kappa shape index (κ1) is 21.1. The second-order valence-corrected chi connectivity index (χ2v) is 8.18. The van der Waals surface area contributed by atoms with Crippen molar-refractivity contribution in [3.63, 3.8) is 0 Å². The largest absolute Gasteiger partial charge is 0.494 e. The van der Waals surface area contributed by atoms with Crippen LogP contribution >= 0.6 is 24.0 Å². The molecule has 3 rings (SSSR count). The maximum Gasteiger partial charge on any atom is 0.266 e. The van der Waals surface area contributed by atoms with Gasteiger partial charge in [-0.05, 0) is 36.3 Å². The van der Waals surface area contributed by atoms with Crippen molar-refractivity contribution in [1.82, 2.24) is 9.80 Å². The normalized spacial score (nSPS) is 15.1. The van der Waals surface area contributed by atoms with Gasteiger partial charge in [-0.3, -0.25) is 14.5 Å². The van der Waals surface area contributed by atoms with Crippen LogP contribution in [-0.2, 0) is 16.1 Å². The molecule has 0 unspecified atom stereocenters. The summed E-state index contributed by atoms with van der Waals surface area (Å²) < 4.78 is 5.83. The van der Waals surface area contributed by atoms with E-state index in [0.29, 0.717) is 22.4 Å². The molecule has 7 heteroatoms. The van der Waals surface area contributed by atoms with Crippen molar-refractivity contribution in [2.45, 2.75) is 13.5 Å². The highest BCUT2D eigenvalue weighted by Gasteiger charge is 2.34. The molecule has 1 aliphatic rings. The molecule has 0 spiro atoms. The Balaban J connectivity index is 1.64. The van der Waals surface area contributed by atoms with Gasteiger partial charge in [-0.25, -0.2) is 0 Å². The molecule has 0 radical (unpaired) electrons. The summed E-state index contributed by atoms with van der Waals surface area (Å²) in [5, 5.41) is 0. The minimum absolute atomic E-state index is 0.0609. The van der Waals surface area contributed by atoms with Crippen molar-refractivity contribution >= 4 is 46.2 Å². The number of ether oxygens (including phenoxy) is 1. The molecule has 2 aromatic rings. The van der Waals surface area contributed by atoms with Gasteiger partial charge in [0.2, 0.25) is 5.91 Å². The van der Waals surface area contributed by atoms with E-state index in [2.05, 4.69) is 0 Å². The first-order chi connectivity index (χ1) is 14.0. The second kappa shape index (κ2) is 9.71. The van der Waals surface area contributed by atoms with Crippen LogP contribution in [0.2, 0.25) is 0 Å². The van der Waals surface area contributed by atoms with E-state index in [1.54, 1.807) is 18.0 Å². The number of hydrogen-bond acceptors (Lipinski definition) is 5. The first-order valence-electron chi connectivity index (χ1n) is 9.24. The van der Waals surface area contributed by atoms with Gasteiger partial charge in [0, 0.05) is 13.6 Å². The van der Waals surface area contributed by atoms with Crippen molar-refractivity contribution in [2.75, 3.05) is 20.2 Å². The predicted octanol–water partition coefficient (Wildman–Crippen LogP) is 3.95. The number of thioether (sulfide) groups is 1. The third kappa shape index (κ3) is 5.46. The highest BCUT2D eigenvalue weighted by molar-refractivity contribution is 8.26. The Kier molecular flexibility index (Phi) is 7.06. The summed E-state index contributed by atoms with van der Waals surface area (Å²) in [6, 6.07) is 17.2. The van der Waals surface area contributed by atoms with Crippen LogP contribution in [0.1, 0.15) is 18.1 Å².